The minimum absolute atomic E-state index is 0.0274. The minimum Gasteiger partial charge on any atom is -0.481 e. The second-order valence-electron chi connectivity index (χ2n) is 12.1. The van der Waals surface area contributed by atoms with Crippen molar-refractivity contribution in [1.82, 2.24) is 19.9 Å². The van der Waals surface area contributed by atoms with Crippen LogP contribution >= 0.6 is 0 Å². The summed E-state index contributed by atoms with van der Waals surface area (Å²) in [4.78, 5) is 63.7. The molecule has 0 aliphatic carbocycles. The zero-order chi connectivity index (χ0) is 34.9. The molecule has 2 aliphatic heterocycles. The topological polar surface area (TPSA) is 207 Å². The van der Waals surface area contributed by atoms with Crippen LogP contribution in [0.4, 0.5) is 0 Å². The van der Waals surface area contributed by atoms with E-state index in [2.05, 4.69) is 16.9 Å². The van der Waals surface area contributed by atoms with Gasteiger partial charge in [0, 0.05) is 41.3 Å². The lowest BCUT2D eigenvalue weighted by Crippen LogP contribution is -2.04. The molecule has 0 fully saturated rings. The Kier molecular flexibility index (Phi) is 9.64. The van der Waals surface area contributed by atoms with Crippen LogP contribution in [0, 0.1) is 6.92 Å². The van der Waals surface area contributed by atoms with Crippen LogP contribution in [0.25, 0.3) is 44.4 Å². The summed E-state index contributed by atoms with van der Waals surface area (Å²) in [7, 11) is 0. The van der Waals surface area contributed by atoms with Gasteiger partial charge in [-0.1, -0.05) is 6.92 Å². The van der Waals surface area contributed by atoms with Crippen molar-refractivity contribution in [3.8, 4) is 0 Å². The lowest BCUT2D eigenvalue weighted by atomic mass is 9.98. The molecule has 48 heavy (non-hydrogen) atoms. The Labute approximate surface area is 275 Å². The predicted molar refractivity (Wildman–Crippen MR) is 181 cm³/mol. The van der Waals surface area contributed by atoms with Crippen molar-refractivity contribution in [3.05, 3.63) is 69.3 Å². The number of carboxylic acid groups (broad SMARTS) is 4. The maximum Gasteiger partial charge on any atom is 0.307 e. The third kappa shape index (κ3) is 6.92. The normalized spacial score (nSPS) is 12.9. The van der Waals surface area contributed by atoms with E-state index in [-0.39, 0.29) is 38.5 Å². The van der Waals surface area contributed by atoms with Gasteiger partial charge in [0.2, 0.25) is 0 Å². The molecule has 0 aromatic carbocycles. The molecule has 0 spiro atoms. The molecule has 3 aromatic rings. The third-order valence-corrected chi connectivity index (χ3v) is 9.08. The van der Waals surface area contributed by atoms with Gasteiger partial charge in [-0.05, 0) is 115 Å². The summed E-state index contributed by atoms with van der Waals surface area (Å²) in [5.74, 6) is -4.09. The average Bonchev–Trinajstić information content (AvgIpc) is 3.67. The van der Waals surface area contributed by atoms with E-state index in [1.807, 2.05) is 32.9 Å². The first-order valence-corrected chi connectivity index (χ1v) is 15.8. The van der Waals surface area contributed by atoms with E-state index in [0.29, 0.717) is 50.5 Å². The van der Waals surface area contributed by atoms with E-state index in [1.165, 1.54) is 0 Å². The molecule has 6 N–H and O–H groups in total. The van der Waals surface area contributed by atoms with E-state index in [0.717, 1.165) is 45.3 Å². The van der Waals surface area contributed by atoms with Gasteiger partial charge in [-0.2, -0.15) is 0 Å². The van der Waals surface area contributed by atoms with Gasteiger partial charge in [-0.3, -0.25) is 19.2 Å². The van der Waals surface area contributed by atoms with Gasteiger partial charge in [0.25, 0.3) is 0 Å². The van der Waals surface area contributed by atoms with E-state index in [9.17, 15) is 39.6 Å². The number of H-pyrrole nitrogens is 2. The molecule has 2 aliphatic rings. The molecule has 0 unspecified atom stereocenters. The number of rotatable bonds is 12. The molecular formula is C36H38N4O8. The highest BCUT2D eigenvalue weighted by atomic mass is 16.4. The van der Waals surface area contributed by atoms with Gasteiger partial charge in [0.05, 0.1) is 29.2 Å². The van der Waals surface area contributed by atoms with Crippen LogP contribution in [0.5, 0.6) is 0 Å². The van der Waals surface area contributed by atoms with Gasteiger partial charge >= 0.3 is 23.9 Å². The molecule has 3 aromatic heterocycles. The summed E-state index contributed by atoms with van der Waals surface area (Å²) in [5.41, 5.74) is 10.8. The number of allylic oxidation sites excluding steroid dienone is 4. The van der Waals surface area contributed by atoms with E-state index in [4.69, 9.17) is 9.97 Å². The number of aromatic nitrogens is 4. The first-order valence-electron chi connectivity index (χ1n) is 15.8. The molecular weight excluding hydrogens is 616 g/mol. The Hall–Kier alpha value is -5.52. The highest BCUT2D eigenvalue weighted by Gasteiger charge is 2.23. The Morgan fingerprint density at radius 3 is 1.46 bits per heavy atom. The number of carboxylic acids is 4. The van der Waals surface area contributed by atoms with Crippen LogP contribution in [0.3, 0.4) is 0 Å². The van der Waals surface area contributed by atoms with Crippen LogP contribution in [0.15, 0.2) is 24.3 Å². The van der Waals surface area contributed by atoms with Crippen molar-refractivity contribution in [2.24, 2.45) is 0 Å². The monoisotopic (exact) mass is 654 g/mol. The fraction of sp³-hybridized carbons (Fsp3) is 0.333. The highest BCUT2D eigenvalue weighted by Crippen LogP contribution is 2.37. The number of fused-ring (bicyclic) bond motifs is 8. The molecule has 0 radical (unpaired) electrons. The van der Waals surface area contributed by atoms with Crippen LogP contribution in [0.1, 0.15) is 97.9 Å². The van der Waals surface area contributed by atoms with Crippen LogP contribution in [0.2, 0.25) is 0 Å². The number of aromatic amines is 2. The smallest absolute Gasteiger partial charge is 0.307 e. The van der Waals surface area contributed by atoms with Crippen molar-refractivity contribution >= 4 is 68.2 Å². The first kappa shape index (κ1) is 33.8. The third-order valence-electron chi connectivity index (χ3n) is 9.08. The van der Waals surface area contributed by atoms with Crippen LogP contribution < -0.4 is 0 Å². The second kappa shape index (κ2) is 13.7. The molecule has 5 heterocycles. The minimum atomic E-state index is -1.12. The van der Waals surface area contributed by atoms with Crippen molar-refractivity contribution in [1.29, 1.82) is 0 Å². The number of hydrogen-bond acceptors (Lipinski definition) is 6. The van der Waals surface area contributed by atoms with Crippen molar-refractivity contribution in [2.45, 2.75) is 79.1 Å². The van der Waals surface area contributed by atoms with Crippen molar-refractivity contribution in [2.75, 3.05) is 0 Å². The fourth-order valence-corrected chi connectivity index (χ4v) is 6.56. The summed E-state index contributed by atoms with van der Waals surface area (Å²) >= 11 is 0. The van der Waals surface area contributed by atoms with Gasteiger partial charge in [-0.25, -0.2) is 9.97 Å². The molecule has 250 valence electrons. The Morgan fingerprint density at radius 2 is 0.979 bits per heavy atom. The summed E-state index contributed by atoms with van der Waals surface area (Å²) in [6.45, 7) is 7.85. The standard InChI is InChI=1S/C36H38N4O8/c1-5-20-17(2)25-13-26-18(3)21(6-9-33(41)42)29(38-26)15-31-23(8-11-35(45)46)24(12-36(47)48)32(40-31)16-30-22(7-10-34(43)44)19(4)27(39-30)14-28(20)37-25/h13-16,37,40H,5-12H2,1-4H3,(H,41,42)(H,43,44)(H,45,46)(H,47,48). The quantitative estimate of drug-likeness (QED) is 0.126. The van der Waals surface area contributed by atoms with Gasteiger partial charge in [-0.15, -0.1) is 0 Å². The van der Waals surface area contributed by atoms with Gasteiger partial charge in [0.1, 0.15) is 0 Å². The Bertz CT molecular complexity index is 2100. The number of nitrogens with one attached hydrogen (secondary N) is 2. The number of aliphatic carboxylic acids is 4. The summed E-state index contributed by atoms with van der Waals surface area (Å²) in [5, 5.41) is 38.5. The summed E-state index contributed by atoms with van der Waals surface area (Å²) < 4.78 is 0. The summed E-state index contributed by atoms with van der Waals surface area (Å²) in [6, 6.07) is 7.30. The molecule has 12 heteroatoms. The molecule has 12 nitrogen and oxygen atoms in total. The van der Waals surface area contributed by atoms with Crippen molar-refractivity contribution in [3.63, 3.8) is 0 Å². The van der Waals surface area contributed by atoms with E-state index >= 15 is 0 Å². The molecule has 0 atom stereocenters. The molecule has 5 rings (SSSR count). The maximum absolute atomic E-state index is 12.1. The Balaban J connectivity index is 1.96. The molecule has 0 saturated carbocycles. The zero-order valence-corrected chi connectivity index (χ0v) is 27.3. The van der Waals surface area contributed by atoms with Gasteiger partial charge in [0.15, 0.2) is 0 Å². The number of nitrogens with zero attached hydrogens (tertiary/aromatic N) is 2. The number of carbonyl (C=O) groups is 4. The van der Waals surface area contributed by atoms with Crippen molar-refractivity contribution < 1.29 is 39.6 Å². The average molecular weight is 655 g/mol. The molecule has 0 saturated heterocycles. The number of hydrogen-bond donors (Lipinski definition) is 6. The highest BCUT2D eigenvalue weighted by molar-refractivity contribution is 5.96. The SMILES string of the molecule is CCc1c(C)c2cc3nc(cc4[nH]c(cc5nc(cc1[nH]2)C(C)=C5CCC(=O)O)c(CC(=O)O)c4CCC(=O)O)C(CCC(=O)O)=C3C. The Morgan fingerprint density at radius 1 is 0.562 bits per heavy atom. The fourth-order valence-electron chi connectivity index (χ4n) is 6.56. The lowest BCUT2D eigenvalue weighted by Gasteiger charge is -2.04. The van der Waals surface area contributed by atoms with Crippen LogP contribution in [-0.4, -0.2) is 64.2 Å². The number of aryl methyl sites for hydroxylation is 3. The lowest BCUT2D eigenvalue weighted by molar-refractivity contribution is -0.137. The predicted octanol–water partition coefficient (Wildman–Crippen LogP) is 6.42. The van der Waals surface area contributed by atoms with E-state index in [1.54, 1.807) is 12.1 Å². The van der Waals surface area contributed by atoms with E-state index < -0.39 is 30.3 Å². The molecule has 0 amide bonds. The molecule has 8 bridgehead atoms. The second-order valence-corrected chi connectivity index (χ2v) is 12.1. The van der Waals surface area contributed by atoms with Gasteiger partial charge < -0.3 is 30.4 Å². The maximum atomic E-state index is 12.1. The van der Waals surface area contributed by atoms with Crippen LogP contribution in [-0.2, 0) is 38.4 Å². The first-order chi connectivity index (χ1) is 22.8. The summed E-state index contributed by atoms with van der Waals surface area (Å²) in [6.07, 6.45) is 0.233. The largest absolute Gasteiger partial charge is 0.481 e. The zero-order valence-electron chi connectivity index (χ0n) is 27.3.